The first-order chi connectivity index (χ1) is 7.42. The second kappa shape index (κ2) is 5.30. The lowest BCUT2D eigenvalue weighted by Gasteiger charge is -2.12. The molecule has 0 saturated carbocycles. The van der Waals surface area contributed by atoms with Crippen molar-refractivity contribution in [2.75, 3.05) is 13.3 Å². The van der Waals surface area contributed by atoms with Crippen LogP contribution in [0.5, 0.6) is 5.75 Å². The molecule has 2 nitrogen and oxygen atoms in total. The molecule has 0 heterocycles. The van der Waals surface area contributed by atoms with Gasteiger partial charge in [-0.1, -0.05) is 19.6 Å². The second-order valence-electron chi connectivity index (χ2n) is 5.19. The highest BCUT2D eigenvalue weighted by molar-refractivity contribution is 6.76. The van der Waals surface area contributed by atoms with Crippen molar-refractivity contribution in [3.05, 3.63) is 29.8 Å². The van der Waals surface area contributed by atoms with Crippen molar-refractivity contribution < 1.29 is 4.74 Å². The molecule has 0 bridgehead atoms. The van der Waals surface area contributed by atoms with E-state index in [1.807, 2.05) is 12.1 Å². The van der Waals surface area contributed by atoms with Gasteiger partial charge >= 0.3 is 0 Å². The zero-order chi connectivity index (χ0) is 12.2. The van der Waals surface area contributed by atoms with E-state index in [1.54, 1.807) is 7.11 Å². The zero-order valence-electron chi connectivity index (χ0n) is 10.9. The number of hydrogen-bond acceptors (Lipinski definition) is 2. The predicted octanol–water partition coefficient (Wildman–Crippen LogP) is 3.38. The average molecular weight is 235 g/mol. The maximum absolute atomic E-state index is 5.13. The molecule has 16 heavy (non-hydrogen) atoms. The summed E-state index contributed by atoms with van der Waals surface area (Å²) in [6.45, 7) is 9.06. The molecule has 0 atom stereocenters. The molecule has 0 aliphatic rings. The summed E-state index contributed by atoms with van der Waals surface area (Å²) in [4.78, 5) is 4.66. The number of nitrogens with zero attached hydrogens (tertiary/aromatic N) is 1. The van der Waals surface area contributed by atoms with E-state index in [-0.39, 0.29) is 0 Å². The highest BCUT2D eigenvalue weighted by atomic mass is 28.3. The molecule has 0 aliphatic carbocycles. The first-order valence-electron chi connectivity index (χ1n) is 5.58. The summed E-state index contributed by atoms with van der Waals surface area (Å²) in [5.74, 6) is 0.891. The van der Waals surface area contributed by atoms with Gasteiger partial charge in [0.15, 0.2) is 0 Å². The molecular weight excluding hydrogens is 214 g/mol. The van der Waals surface area contributed by atoms with Gasteiger partial charge in [-0.3, -0.25) is 4.99 Å². The van der Waals surface area contributed by atoms with Gasteiger partial charge in [-0.05, 0) is 36.8 Å². The van der Waals surface area contributed by atoms with Crippen LogP contribution in [-0.4, -0.2) is 27.1 Å². The van der Waals surface area contributed by atoms with Crippen LogP contribution in [0.4, 0.5) is 0 Å². The van der Waals surface area contributed by atoms with E-state index >= 15 is 0 Å². The average Bonchev–Trinajstić information content (AvgIpc) is 2.25. The second-order valence-corrected chi connectivity index (χ2v) is 10.6. The zero-order valence-corrected chi connectivity index (χ0v) is 11.9. The maximum atomic E-state index is 5.13. The molecule has 0 amide bonds. The van der Waals surface area contributed by atoms with Crippen LogP contribution in [-0.2, 0) is 0 Å². The Hall–Kier alpha value is -1.09. The lowest BCUT2D eigenvalue weighted by Crippen LogP contribution is -2.25. The van der Waals surface area contributed by atoms with Crippen LogP contribution < -0.4 is 4.74 Å². The van der Waals surface area contributed by atoms with Crippen molar-refractivity contribution in [3.63, 3.8) is 0 Å². The number of benzene rings is 1. The molecule has 0 saturated heterocycles. The van der Waals surface area contributed by atoms with Crippen molar-refractivity contribution in [1.29, 1.82) is 0 Å². The van der Waals surface area contributed by atoms with Crippen molar-refractivity contribution in [1.82, 2.24) is 0 Å². The molecule has 1 rings (SSSR count). The molecule has 1 aromatic carbocycles. The number of aliphatic imine (C=N–C) groups is 1. The van der Waals surface area contributed by atoms with Gasteiger partial charge in [0.05, 0.1) is 15.2 Å². The molecule has 0 spiro atoms. The van der Waals surface area contributed by atoms with Crippen LogP contribution in [0, 0.1) is 0 Å². The smallest absolute Gasteiger partial charge is 0.118 e. The monoisotopic (exact) mass is 235 g/mol. The molecule has 0 aliphatic heterocycles. The Labute approximate surface area is 99.4 Å². The highest BCUT2D eigenvalue weighted by Gasteiger charge is 2.11. The Bertz CT molecular complexity index is 363. The fraction of sp³-hybridized carbons (Fsp3) is 0.462. The summed E-state index contributed by atoms with van der Waals surface area (Å²) in [7, 11) is 0.599. The number of hydrogen-bond donors (Lipinski definition) is 0. The highest BCUT2D eigenvalue weighted by Crippen LogP contribution is 2.12. The van der Waals surface area contributed by atoms with Gasteiger partial charge in [-0.25, -0.2) is 0 Å². The van der Waals surface area contributed by atoms with Crippen LogP contribution in [0.3, 0.4) is 0 Å². The first-order valence-corrected chi connectivity index (χ1v) is 9.28. The molecule has 0 aromatic heterocycles. The topological polar surface area (TPSA) is 21.6 Å². The van der Waals surface area contributed by atoms with E-state index in [0.29, 0.717) is 0 Å². The van der Waals surface area contributed by atoms with Gasteiger partial charge in [0.2, 0.25) is 0 Å². The molecule has 3 heteroatoms. The maximum Gasteiger partial charge on any atom is 0.118 e. The van der Waals surface area contributed by atoms with E-state index in [9.17, 15) is 0 Å². The van der Waals surface area contributed by atoms with E-state index in [1.165, 1.54) is 5.56 Å². The Balaban J connectivity index is 2.76. The molecule has 0 N–H and O–H groups in total. The van der Waals surface area contributed by atoms with E-state index < -0.39 is 8.07 Å². The van der Waals surface area contributed by atoms with Crippen molar-refractivity contribution in [2.45, 2.75) is 26.6 Å². The van der Waals surface area contributed by atoms with Gasteiger partial charge in [0.1, 0.15) is 5.75 Å². The number of rotatable bonds is 4. The lowest BCUT2D eigenvalue weighted by molar-refractivity contribution is 0.415. The normalized spacial score (nSPS) is 12.7. The van der Waals surface area contributed by atoms with Crippen LogP contribution in [0.1, 0.15) is 12.5 Å². The molecule has 88 valence electrons. The SMILES string of the molecule is COc1ccc(/C(C)=N/C[Si](C)(C)C)cc1. The summed E-state index contributed by atoms with van der Waals surface area (Å²) >= 11 is 0. The summed E-state index contributed by atoms with van der Waals surface area (Å²) in [5.41, 5.74) is 2.30. The van der Waals surface area contributed by atoms with Gasteiger partial charge in [0, 0.05) is 11.9 Å². The Morgan fingerprint density at radius 3 is 2.19 bits per heavy atom. The van der Waals surface area contributed by atoms with Crippen LogP contribution in [0.2, 0.25) is 19.6 Å². The Morgan fingerprint density at radius 1 is 1.19 bits per heavy atom. The van der Waals surface area contributed by atoms with E-state index in [2.05, 4.69) is 43.7 Å². The largest absolute Gasteiger partial charge is 0.497 e. The molecular formula is C13H21NOSi. The summed E-state index contributed by atoms with van der Waals surface area (Å²) < 4.78 is 5.13. The van der Waals surface area contributed by atoms with Crippen LogP contribution in [0.25, 0.3) is 0 Å². The van der Waals surface area contributed by atoms with E-state index in [0.717, 1.165) is 17.6 Å². The lowest BCUT2D eigenvalue weighted by atomic mass is 10.1. The van der Waals surface area contributed by atoms with Crippen LogP contribution in [0.15, 0.2) is 29.3 Å². The third kappa shape index (κ3) is 4.19. The standard InChI is InChI=1S/C13H21NOSi/c1-11(14-10-16(3,4)5)12-6-8-13(15-2)9-7-12/h6-9H,10H2,1-5H3/b14-11+. The third-order valence-corrected chi connectivity index (χ3v) is 3.41. The summed E-state index contributed by atoms with van der Waals surface area (Å²) in [6, 6.07) is 8.06. The fourth-order valence-electron chi connectivity index (χ4n) is 1.28. The first kappa shape index (κ1) is 13.0. The Morgan fingerprint density at radius 2 is 1.75 bits per heavy atom. The predicted molar refractivity (Wildman–Crippen MR) is 73.4 cm³/mol. The Kier molecular flexibility index (Phi) is 4.30. The summed E-state index contributed by atoms with van der Waals surface area (Å²) in [5, 5.41) is 0. The minimum Gasteiger partial charge on any atom is -0.497 e. The number of ether oxygens (including phenoxy) is 1. The van der Waals surface area contributed by atoms with Crippen molar-refractivity contribution in [3.8, 4) is 5.75 Å². The van der Waals surface area contributed by atoms with Crippen molar-refractivity contribution >= 4 is 13.8 Å². The quantitative estimate of drug-likeness (QED) is 0.579. The minimum absolute atomic E-state index is 0.891. The molecule has 0 fully saturated rings. The minimum atomic E-state index is -1.08. The van der Waals surface area contributed by atoms with Crippen molar-refractivity contribution in [2.24, 2.45) is 4.99 Å². The van der Waals surface area contributed by atoms with Crippen LogP contribution >= 0.6 is 0 Å². The van der Waals surface area contributed by atoms with Gasteiger partial charge in [-0.2, -0.15) is 0 Å². The van der Waals surface area contributed by atoms with Gasteiger partial charge in [-0.15, -0.1) is 0 Å². The van der Waals surface area contributed by atoms with Gasteiger partial charge < -0.3 is 4.74 Å². The number of methoxy groups -OCH3 is 1. The summed E-state index contributed by atoms with van der Waals surface area (Å²) in [6.07, 6.45) is 0.991. The molecule has 1 aromatic rings. The molecule has 0 unspecified atom stereocenters. The third-order valence-electron chi connectivity index (χ3n) is 2.30. The van der Waals surface area contributed by atoms with E-state index in [4.69, 9.17) is 4.74 Å². The molecule has 0 radical (unpaired) electrons. The van der Waals surface area contributed by atoms with Gasteiger partial charge in [0.25, 0.3) is 0 Å². The fourth-order valence-corrected chi connectivity index (χ4v) is 1.99.